The van der Waals surface area contributed by atoms with E-state index in [2.05, 4.69) is 15.1 Å². The number of nitrogens with one attached hydrogen (secondary N) is 1. The standard InChI is InChI=1S/C8H7F6N5O2/c9-7(10,11)6(8(12,13)14)1-3(18-21-6)4-2-19(15)5(20)17-16-4/h1-2,15H2,(H,17,20). The first kappa shape index (κ1) is 15.3. The Morgan fingerprint density at radius 2 is 1.76 bits per heavy atom. The van der Waals surface area contributed by atoms with Gasteiger partial charge in [-0.05, 0) is 0 Å². The van der Waals surface area contributed by atoms with Crippen LogP contribution in [0.5, 0.6) is 0 Å². The van der Waals surface area contributed by atoms with Gasteiger partial charge in [0, 0.05) is 0 Å². The molecule has 2 amide bonds. The molecule has 0 aromatic rings. The number of hydrogen-bond acceptors (Lipinski definition) is 5. The molecule has 2 rings (SSSR count). The summed E-state index contributed by atoms with van der Waals surface area (Å²) in [6, 6.07) is -0.865. The third-order valence-electron chi connectivity index (χ3n) is 2.84. The molecule has 0 aromatic carbocycles. The van der Waals surface area contributed by atoms with Gasteiger partial charge in [-0.2, -0.15) is 31.4 Å². The number of urea groups is 1. The van der Waals surface area contributed by atoms with Crippen LogP contribution in [0.3, 0.4) is 0 Å². The minimum absolute atomic E-state index is 0.354. The summed E-state index contributed by atoms with van der Waals surface area (Å²) in [5.74, 6) is 5.18. The van der Waals surface area contributed by atoms with Crippen molar-refractivity contribution in [1.82, 2.24) is 10.4 Å². The van der Waals surface area contributed by atoms with E-state index in [1.54, 1.807) is 0 Å². The summed E-state index contributed by atoms with van der Waals surface area (Å²) in [5, 5.41) is 6.66. The number of carbonyl (C=O) groups is 1. The fourth-order valence-electron chi connectivity index (χ4n) is 1.66. The minimum Gasteiger partial charge on any atom is -0.369 e. The molecule has 0 aromatic heterocycles. The summed E-state index contributed by atoms with van der Waals surface area (Å²) in [5.41, 5.74) is -3.67. The van der Waals surface area contributed by atoms with Gasteiger partial charge in [-0.1, -0.05) is 5.16 Å². The Morgan fingerprint density at radius 3 is 2.19 bits per heavy atom. The van der Waals surface area contributed by atoms with Gasteiger partial charge in [-0.15, -0.1) is 0 Å². The molecule has 13 heteroatoms. The molecule has 3 N–H and O–H groups in total. The fourth-order valence-corrected chi connectivity index (χ4v) is 1.66. The van der Waals surface area contributed by atoms with E-state index in [1.807, 2.05) is 5.43 Å². The van der Waals surface area contributed by atoms with Gasteiger partial charge in [-0.25, -0.2) is 16.1 Å². The number of nitrogens with two attached hydrogens (primary N) is 1. The number of nitrogens with zero attached hydrogens (tertiary/aromatic N) is 3. The van der Waals surface area contributed by atoms with Crippen LogP contribution in [-0.4, -0.2) is 47.0 Å². The van der Waals surface area contributed by atoms with Gasteiger partial charge in [0.25, 0.3) is 0 Å². The Bertz CT molecular complexity index is 510. The normalized spacial score (nSPS) is 22.4. The van der Waals surface area contributed by atoms with Crippen LogP contribution in [0.1, 0.15) is 6.42 Å². The number of rotatable bonds is 1. The molecule has 0 saturated heterocycles. The SMILES string of the molecule is NN1CC(C2=NOC(C(F)(F)F)(C(F)(F)F)C2)=NNC1=O. The van der Waals surface area contributed by atoms with E-state index >= 15 is 0 Å². The Hall–Kier alpha value is -2.05. The van der Waals surface area contributed by atoms with Gasteiger partial charge in [0.05, 0.1) is 13.0 Å². The summed E-state index contributed by atoms with van der Waals surface area (Å²) >= 11 is 0. The van der Waals surface area contributed by atoms with Crippen molar-refractivity contribution >= 4 is 17.5 Å². The van der Waals surface area contributed by atoms with Crippen molar-refractivity contribution in [2.75, 3.05) is 6.54 Å². The molecular weight excluding hydrogens is 312 g/mol. The Balaban J connectivity index is 2.27. The predicted molar refractivity (Wildman–Crippen MR) is 54.8 cm³/mol. The van der Waals surface area contributed by atoms with E-state index in [0.29, 0.717) is 5.01 Å². The van der Waals surface area contributed by atoms with Gasteiger partial charge in [0.2, 0.25) is 0 Å². The molecular formula is C8H7F6N5O2. The van der Waals surface area contributed by atoms with E-state index in [1.165, 1.54) is 0 Å². The minimum atomic E-state index is -5.72. The molecule has 118 valence electrons. The zero-order valence-electron chi connectivity index (χ0n) is 9.92. The Labute approximate surface area is 112 Å². The maximum absolute atomic E-state index is 12.7. The molecule has 2 heterocycles. The first-order valence-corrected chi connectivity index (χ1v) is 5.25. The zero-order chi connectivity index (χ0) is 16.1. The largest absolute Gasteiger partial charge is 0.440 e. The first-order valence-electron chi connectivity index (χ1n) is 5.25. The quantitative estimate of drug-likeness (QED) is 0.427. The number of alkyl halides is 6. The monoisotopic (exact) mass is 319 g/mol. The lowest BCUT2D eigenvalue weighted by Crippen LogP contribution is -2.58. The zero-order valence-corrected chi connectivity index (χ0v) is 9.92. The van der Waals surface area contributed by atoms with Crippen molar-refractivity contribution in [1.29, 1.82) is 0 Å². The Morgan fingerprint density at radius 1 is 1.19 bits per heavy atom. The molecule has 21 heavy (non-hydrogen) atoms. The molecule has 7 nitrogen and oxygen atoms in total. The average molecular weight is 319 g/mol. The molecule has 0 radical (unpaired) electrons. The van der Waals surface area contributed by atoms with Crippen LogP contribution in [0.15, 0.2) is 10.3 Å². The molecule has 0 fully saturated rings. The maximum Gasteiger partial charge on any atom is 0.440 e. The third-order valence-corrected chi connectivity index (χ3v) is 2.84. The highest BCUT2D eigenvalue weighted by molar-refractivity contribution is 6.44. The van der Waals surface area contributed by atoms with Gasteiger partial charge < -0.3 is 4.84 Å². The van der Waals surface area contributed by atoms with Crippen LogP contribution in [0.25, 0.3) is 0 Å². The predicted octanol–water partition coefficient (Wildman–Crippen LogP) is 0.881. The van der Waals surface area contributed by atoms with Crippen molar-refractivity contribution in [2.45, 2.75) is 24.4 Å². The number of halogens is 6. The lowest BCUT2D eigenvalue weighted by Gasteiger charge is -2.30. The third kappa shape index (κ3) is 2.36. The molecule has 2 aliphatic rings. The highest BCUT2D eigenvalue weighted by Gasteiger charge is 2.76. The van der Waals surface area contributed by atoms with Crippen LogP contribution in [0.2, 0.25) is 0 Å². The van der Waals surface area contributed by atoms with Crippen LogP contribution < -0.4 is 11.3 Å². The number of hydrazone groups is 1. The number of carbonyl (C=O) groups excluding carboxylic acids is 1. The van der Waals surface area contributed by atoms with Crippen LogP contribution in [-0.2, 0) is 4.84 Å². The maximum atomic E-state index is 12.7. The number of amides is 2. The molecule has 0 saturated carbocycles. The second-order valence-electron chi connectivity index (χ2n) is 4.23. The van der Waals surface area contributed by atoms with Gasteiger partial charge in [0.1, 0.15) is 11.4 Å². The smallest absolute Gasteiger partial charge is 0.369 e. The molecule has 0 spiro atoms. The highest BCUT2D eigenvalue weighted by atomic mass is 19.4. The summed E-state index contributed by atoms with van der Waals surface area (Å²) in [7, 11) is 0. The van der Waals surface area contributed by atoms with Crippen LogP contribution in [0, 0.1) is 0 Å². The second-order valence-corrected chi connectivity index (χ2v) is 4.23. The van der Waals surface area contributed by atoms with Crippen LogP contribution in [0.4, 0.5) is 31.1 Å². The lowest BCUT2D eigenvalue weighted by molar-refractivity contribution is -0.373. The van der Waals surface area contributed by atoms with Gasteiger partial charge in [-0.3, -0.25) is 5.01 Å². The van der Waals surface area contributed by atoms with Crippen LogP contribution >= 0.6 is 0 Å². The Kier molecular flexibility index (Phi) is 3.27. The molecule has 0 bridgehead atoms. The van der Waals surface area contributed by atoms with Gasteiger partial charge in [0.15, 0.2) is 0 Å². The summed E-state index contributed by atoms with van der Waals surface area (Å²) in [4.78, 5) is 14.6. The summed E-state index contributed by atoms with van der Waals surface area (Å²) in [6.07, 6.45) is -13.1. The van der Waals surface area contributed by atoms with E-state index < -0.39 is 42.7 Å². The van der Waals surface area contributed by atoms with E-state index in [-0.39, 0.29) is 5.71 Å². The van der Waals surface area contributed by atoms with E-state index in [9.17, 15) is 31.1 Å². The summed E-state index contributed by atoms with van der Waals surface area (Å²) < 4.78 is 76.4. The average Bonchev–Trinajstić information content (AvgIpc) is 2.77. The fraction of sp³-hybridized carbons (Fsp3) is 0.625. The van der Waals surface area contributed by atoms with Gasteiger partial charge >= 0.3 is 24.0 Å². The number of hydrazine groups is 1. The van der Waals surface area contributed by atoms with E-state index in [4.69, 9.17) is 5.84 Å². The van der Waals surface area contributed by atoms with Crippen molar-refractivity contribution in [3.8, 4) is 0 Å². The molecule has 2 aliphatic heterocycles. The first-order chi connectivity index (χ1) is 9.48. The molecule has 0 atom stereocenters. The number of hydrogen-bond donors (Lipinski definition) is 2. The molecule has 0 aliphatic carbocycles. The number of oxime groups is 1. The van der Waals surface area contributed by atoms with Crippen molar-refractivity contribution in [3.05, 3.63) is 0 Å². The topological polar surface area (TPSA) is 92.3 Å². The molecule has 0 unspecified atom stereocenters. The van der Waals surface area contributed by atoms with E-state index in [0.717, 1.165) is 0 Å². The summed E-state index contributed by atoms with van der Waals surface area (Å²) in [6.45, 7) is -0.500. The van der Waals surface area contributed by atoms with Crippen molar-refractivity contribution < 1.29 is 36.0 Å². The van der Waals surface area contributed by atoms with Crippen molar-refractivity contribution in [3.63, 3.8) is 0 Å². The highest BCUT2D eigenvalue weighted by Crippen LogP contribution is 2.50. The van der Waals surface area contributed by atoms with Crippen molar-refractivity contribution in [2.24, 2.45) is 16.1 Å². The lowest BCUT2D eigenvalue weighted by atomic mass is 9.94. The second kappa shape index (κ2) is 4.47.